The molecule has 0 unspecified atom stereocenters. The Hall–Kier alpha value is -3.22. The monoisotopic (exact) mass is 310 g/mol. The Morgan fingerprint density at radius 1 is 1.22 bits per heavy atom. The second-order valence-corrected chi connectivity index (χ2v) is 4.63. The first kappa shape index (κ1) is 14.7. The van der Waals surface area contributed by atoms with Gasteiger partial charge in [0, 0.05) is 11.8 Å². The maximum atomic E-state index is 11.9. The predicted octanol–water partition coefficient (Wildman–Crippen LogP) is 2.07. The molecule has 7 heteroatoms. The number of aromatic nitrogens is 3. The van der Waals surface area contributed by atoms with E-state index >= 15 is 0 Å². The third-order valence-corrected chi connectivity index (χ3v) is 3.08. The highest BCUT2D eigenvalue weighted by Gasteiger charge is 2.11. The van der Waals surface area contributed by atoms with E-state index < -0.39 is 0 Å². The van der Waals surface area contributed by atoms with Crippen LogP contribution in [0.2, 0.25) is 0 Å². The van der Waals surface area contributed by atoms with Crippen LogP contribution in [0.4, 0.5) is 0 Å². The average Bonchev–Trinajstić information content (AvgIpc) is 3.09. The van der Waals surface area contributed by atoms with Crippen molar-refractivity contribution < 1.29 is 13.9 Å². The average molecular weight is 310 g/mol. The fraction of sp³-hybridized carbons (Fsp3) is 0.125. The van der Waals surface area contributed by atoms with Crippen molar-refractivity contribution in [1.29, 1.82) is 0 Å². The maximum Gasteiger partial charge on any atom is 0.270 e. The number of methoxy groups -OCH3 is 1. The molecular formula is C16H14N4O3. The van der Waals surface area contributed by atoms with Crippen molar-refractivity contribution in [3.63, 3.8) is 0 Å². The Labute approximate surface area is 132 Å². The van der Waals surface area contributed by atoms with Crippen LogP contribution in [0.15, 0.2) is 53.1 Å². The van der Waals surface area contributed by atoms with Gasteiger partial charge in [-0.25, -0.2) is 0 Å². The molecule has 0 aliphatic rings. The summed E-state index contributed by atoms with van der Waals surface area (Å²) in [6.45, 7) is 0.131. The molecule has 3 rings (SSSR count). The van der Waals surface area contributed by atoms with E-state index in [-0.39, 0.29) is 12.5 Å². The summed E-state index contributed by atoms with van der Waals surface area (Å²) >= 11 is 0. The predicted molar refractivity (Wildman–Crippen MR) is 81.7 cm³/mol. The van der Waals surface area contributed by atoms with E-state index in [2.05, 4.69) is 20.5 Å². The lowest BCUT2D eigenvalue weighted by atomic mass is 10.2. The normalized spacial score (nSPS) is 10.3. The van der Waals surface area contributed by atoms with Gasteiger partial charge in [-0.15, -0.1) is 10.2 Å². The molecule has 0 saturated carbocycles. The molecule has 0 aliphatic heterocycles. The van der Waals surface area contributed by atoms with Crippen LogP contribution in [0, 0.1) is 0 Å². The quantitative estimate of drug-likeness (QED) is 0.776. The highest BCUT2D eigenvalue weighted by atomic mass is 16.5. The van der Waals surface area contributed by atoms with Gasteiger partial charge in [0.2, 0.25) is 11.8 Å². The molecule has 2 aromatic heterocycles. The summed E-state index contributed by atoms with van der Waals surface area (Å²) in [7, 11) is 1.59. The van der Waals surface area contributed by atoms with Gasteiger partial charge >= 0.3 is 0 Å². The minimum atomic E-state index is -0.299. The minimum Gasteiger partial charge on any atom is -0.497 e. The molecule has 0 radical (unpaired) electrons. The standard InChI is InChI=1S/C16H14N4O3/c1-22-12-6-4-5-11(9-12)16-20-19-14(23-16)10-18-15(21)13-7-2-3-8-17-13/h2-9H,10H2,1H3,(H,18,21). The summed E-state index contributed by atoms with van der Waals surface area (Å²) in [6, 6.07) is 12.4. The zero-order valence-corrected chi connectivity index (χ0v) is 12.4. The first-order chi connectivity index (χ1) is 11.3. The number of carbonyl (C=O) groups excluding carboxylic acids is 1. The second-order valence-electron chi connectivity index (χ2n) is 4.63. The Bertz CT molecular complexity index is 802. The molecule has 23 heavy (non-hydrogen) atoms. The number of hydrogen-bond donors (Lipinski definition) is 1. The third kappa shape index (κ3) is 3.52. The number of pyridine rings is 1. The van der Waals surface area contributed by atoms with E-state index in [4.69, 9.17) is 9.15 Å². The van der Waals surface area contributed by atoms with Gasteiger partial charge in [-0.2, -0.15) is 0 Å². The topological polar surface area (TPSA) is 90.1 Å². The summed E-state index contributed by atoms with van der Waals surface area (Å²) in [6.07, 6.45) is 1.56. The van der Waals surface area contributed by atoms with E-state index in [0.29, 0.717) is 23.2 Å². The maximum absolute atomic E-state index is 11.9. The van der Waals surface area contributed by atoms with Gasteiger partial charge in [0.15, 0.2) is 0 Å². The van der Waals surface area contributed by atoms with E-state index in [1.54, 1.807) is 37.6 Å². The number of nitrogens with zero attached hydrogens (tertiary/aromatic N) is 3. The molecule has 0 atom stereocenters. The van der Waals surface area contributed by atoms with Crippen LogP contribution >= 0.6 is 0 Å². The van der Waals surface area contributed by atoms with Gasteiger partial charge in [-0.1, -0.05) is 12.1 Å². The molecule has 116 valence electrons. The lowest BCUT2D eigenvalue weighted by molar-refractivity contribution is 0.0942. The molecule has 1 amide bonds. The molecule has 2 heterocycles. The SMILES string of the molecule is COc1cccc(-c2nnc(CNC(=O)c3ccccn3)o2)c1. The summed E-state index contributed by atoms with van der Waals surface area (Å²) in [5, 5.41) is 10.6. The lowest BCUT2D eigenvalue weighted by Gasteiger charge is -2.01. The molecule has 7 nitrogen and oxygen atoms in total. The summed E-state index contributed by atoms with van der Waals surface area (Å²) in [5.41, 5.74) is 1.08. The minimum absolute atomic E-state index is 0.131. The second kappa shape index (κ2) is 6.69. The molecule has 1 N–H and O–H groups in total. The van der Waals surface area contributed by atoms with Gasteiger partial charge in [0.05, 0.1) is 13.7 Å². The Kier molecular flexibility index (Phi) is 4.28. The fourth-order valence-corrected chi connectivity index (χ4v) is 1.94. The van der Waals surface area contributed by atoms with Crippen molar-refractivity contribution in [3.8, 4) is 17.2 Å². The van der Waals surface area contributed by atoms with Gasteiger partial charge in [-0.3, -0.25) is 9.78 Å². The zero-order chi connectivity index (χ0) is 16.1. The Morgan fingerprint density at radius 3 is 2.91 bits per heavy atom. The highest BCUT2D eigenvalue weighted by Crippen LogP contribution is 2.22. The molecule has 0 bridgehead atoms. The summed E-state index contributed by atoms with van der Waals surface area (Å²) < 4.78 is 10.7. The van der Waals surface area contributed by atoms with Crippen LogP contribution in [-0.2, 0) is 6.54 Å². The van der Waals surface area contributed by atoms with E-state index in [1.807, 2.05) is 18.2 Å². The smallest absolute Gasteiger partial charge is 0.270 e. The van der Waals surface area contributed by atoms with E-state index in [9.17, 15) is 4.79 Å². The molecule has 0 aliphatic carbocycles. The van der Waals surface area contributed by atoms with Crippen molar-refractivity contribution in [2.45, 2.75) is 6.54 Å². The van der Waals surface area contributed by atoms with E-state index in [1.165, 1.54) is 0 Å². The molecule has 0 saturated heterocycles. The van der Waals surface area contributed by atoms with Crippen molar-refractivity contribution in [2.75, 3.05) is 7.11 Å². The number of benzene rings is 1. The molecule has 0 spiro atoms. The van der Waals surface area contributed by atoms with Gasteiger partial charge in [0.1, 0.15) is 11.4 Å². The number of carbonyl (C=O) groups is 1. The van der Waals surface area contributed by atoms with Crippen molar-refractivity contribution in [2.24, 2.45) is 0 Å². The van der Waals surface area contributed by atoms with Crippen LogP contribution in [0.5, 0.6) is 5.75 Å². The summed E-state index contributed by atoms with van der Waals surface area (Å²) in [4.78, 5) is 15.9. The van der Waals surface area contributed by atoms with Crippen molar-refractivity contribution >= 4 is 5.91 Å². The molecular weight excluding hydrogens is 296 g/mol. The van der Waals surface area contributed by atoms with Crippen LogP contribution < -0.4 is 10.1 Å². The Morgan fingerprint density at radius 2 is 2.13 bits per heavy atom. The van der Waals surface area contributed by atoms with Gasteiger partial charge in [0.25, 0.3) is 5.91 Å². The van der Waals surface area contributed by atoms with Gasteiger partial charge in [-0.05, 0) is 30.3 Å². The number of nitrogens with one attached hydrogen (secondary N) is 1. The van der Waals surface area contributed by atoms with Crippen LogP contribution in [-0.4, -0.2) is 28.2 Å². The largest absolute Gasteiger partial charge is 0.497 e. The van der Waals surface area contributed by atoms with Crippen LogP contribution in [0.3, 0.4) is 0 Å². The number of ether oxygens (including phenoxy) is 1. The lowest BCUT2D eigenvalue weighted by Crippen LogP contribution is -2.23. The number of hydrogen-bond acceptors (Lipinski definition) is 6. The zero-order valence-electron chi connectivity index (χ0n) is 12.4. The number of rotatable bonds is 5. The molecule has 0 fully saturated rings. The Balaban J connectivity index is 1.66. The fourth-order valence-electron chi connectivity index (χ4n) is 1.94. The van der Waals surface area contributed by atoms with Crippen LogP contribution in [0.25, 0.3) is 11.5 Å². The van der Waals surface area contributed by atoms with Crippen molar-refractivity contribution in [1.82, 2.24) is 20.5 Å². The van der Waals surface area contributed by atoms with Gasteiger partial charge < -0.3 is 14.5 Å². The summed E-state index contributed by atoms with van der Waals surface area (Å²) in [5.74, 6) is 1.08. The number of amides is 1. The third-order valence-electron chi connectivity index (χ3n) is 3.08. The van der Waals surface area contributed by atoms with Crippen molar-refractivity contribution in [3.05, 3.63) is 60.2 Å². The highest BCUT2D eigenvalue weighted by molar-refractivity contribution is 5.92. The first-order valence-corrected chi connectivity index (χ1v) is 6.92. The molecule has 3 aromatic rings. The molecule has 1 aromatic carbocycles. The van der Waals surface area contributed by atoms with Crippen LogP contribution in [0.1, 0.15) is 16.4 Å². The van der Waals surface area contributed by atoms with E-state index in [0.717, 1.165) is 5.56 Å². The first-order valence-electron chi connectivity index (χ1n) is 6.92.